The van der Waals surface area contributed by atoms with Crippen LogP contribution in [0.5, 0.6) is 0 Å². The molecule has 23 rings (SSSR count). The highest BCUT2D eigenvalue weighted by Crippen LogP contribution is 2.46. The molecule has 0 spiro atoms. The molecule has 0 saturated carbocycles. The summed E-state index contributed by atoms with van der Waals surface area (Å²) in [5.74, 6) is 3.86. The second kappa shape index (κ2) is 31.2. The van der Waals surface area contributed by atoms with Crippen molar-refractivity contribution in [3.8, 4) is 102 Å². The fourth-order valence-electron chi connectivity index (χ4n) is 16.9. The fourth-order valence-corrected chi connectivity index (χ4v) is 17.5. The van der Waals surface area contributed by atoms with Crippen LogP contribution in [-0.2, 0) is 9.31 Å². The van der Waals surface area contributed by atoms with Crippen molar-refractivity contribution in [1.29, 1.82) is 0 Å². The van der Waals surface area contributed by atoms with E-state index in [9.17, 15) is 0 Å². The van der Waals surface area contributed by atoms with Gasteiger partial charge in [-0.2, -0.15) is 0 Å². The van der Waals surface area contributed by atoms with E-state index >= 15 is 0 Å². The monoisotopic (exact) mass is 1630 g/mol. The van der Waals surface area contributed by atoms with Crippen molar-refractivity contribution in [3.63, 3.8) is 0 Å². The number of halogens is 1. The predicted molar refractivity (Wildman–Crippen MR) is 505 cm³/mol. The minimum atomic E-state index is -0.445. The largest absolute Gasteiger partial charge is 0.495 e. The Morgan fingerprint density at radius 2 is 0.525 bits per heavy atom. The number of para-hydroxylation sites is 2. The van der Waals surface area contributed by atoms with E-state index in [1.807, 2.05) is 170 Å². The van der Waals surface area contributed by atoms with Crippen molar-refractivity contribution >= 4 is 137 Å². The number of fused-ring (bicyclic) bond motifs is 12. The smallest absolute Gasteiger partial charge is 0.399 e. The van der Waals surface area contributed by atoms with Crippen LogP contribution in [0.2, 0.25) is 0 Å². The zero-order chi connectivity index (χ0) is 82.0. The average Bonchev–Trinajstić information content (AvgIpc) is 0.915. The Morgan fingerprint density at radius 1 is 0.230 bits per heavy atom. The van der Waals surface area contributed by atoms with Crippen molar-refractivity contribution in [3.05, 3.63) is 381 Å². The van der Waals surface area contributed by atoms with Gasteiger partial charge in [-0.3, -0.25) is 9.97 Å². The number of nitrogens with zero attached hydrogens (tertiary/aromatic N) is 10. The van der Waals surface area contributed by atoms with Gasteiger partial charge in [-0.25, -0.2) is 39.9 Å². The Kier molecular flexibility index (Phi) is 19.1. The number of hydrogen-bond acceptors (Lipinski definition) is 12. The molecular formula is C108H74BBrN10O2. The van der Waals surface area contributed by atoms with Gasteiger partial charge in [0.25, 0.3) is 0 Å². The van der Waals surface area contributed by atoms with Crippen LogP contribution in [0.25, 0.3) is 210 Å². The van der Waals surface area contributed by atoms with Crippen molar-refractivity contribution < 1.29 is 9.31 Å². The Balaban J connectivity index is 0.000000125. The van der Waals surface area contributed by atoms with Gasteiger partial charge in [0.2, 0.25) is 0 Å². The highest BCUT2D eigenvalue weighted by Gasteiger charge is 2.52. The number of pyridine rings is 4. The molecule has 1 saturated heterocycles. The van der Waals surface area contributed by atoms with Gasteiger partial charge in [0.05, 0.1) is 44.3 Å². The van der Waals surface area contributed by atoms with Crippen LogP contribution in [0.15, 0.2) is 381 Å². The van der Waals surface area contributed by atoms with Crippen LogP contribution in [-0.4, -0.2) is 68.2 Å². The second-order valence-electron chi connectivity index (χ2n) is 31.6. The van der Waals surface area contributed by atoms with Crippen LogP contribution >= 0.6 is 15.9 Å². The second-order valence-corrected chi connectivity index (χ2v) is 32.5. The summed E-state index contributed by atoms with van der Waals surface area (Å²) in [6.07, 6.45) is 3.67. The summed E-state index contributed by atoms with van der Waals surface area (Å²) < 4.78 is 14.0. The summed E-state index contributed by atoms with van der Waals surface area (Å²) in [7, 11) is -0.445. The Morgan fingerprint density at radius 3 is 0.934 bits per heavy atom. The highest BCUT2D eigenvalue weighted by molar-refractivity contribution is 9.10. The Hall–Kier alpha value is -14.8. The molecule has 1 aliphatic rings. The maximum absolute atomic E-state index is 6.48. The molecule has 1 aliphatic heterocycles. The molecule has 578 valence electrons. The SMILES string of the molecule is Brc1cc2cc3ccccc3nc2c2ncccc12.CC1(C)OB(c2ccc(-c3ccc(-c4nc(-c5ccccc5)nc(-c5ccccc5)n4)c4ccccc34)c3ccccc23)OC1(C)C.c1ccc(-c2nc(-c3ccccc3)nc(-c3ccc(-c4ccc(-c5cc6cc7ccccc7nc6c6ncccc56)c5ccccc45)c4ccccc34)n2)cc1. The van der Waals surface area contributed by atoms with Gasteiger partial charge < -0.3 is 9.31 Å². The van der Waals surface area contributed by atoms with Gasteiger partial charge in [-0.05, 0) is 170 Å². The van der Waals surface area contributed by atoms with Gasteiger partial charge in [0.15, 0.2) is 34.9 Å². The summed E-state index contributed by atoms with van der Waals surface area (Å²) in [5.41, 5.74) is 18.5. The third-order valence-electron chi connectivity index (χ3n) is 23.7. The van der Waals surface area contributed by atoms with Crippen molar-refractivity contribution in [2.75, 3.05) is 0 Å². The molecule has 122 heavy (non-hydrogen) atoms. The van der Waals surface area contributed by atoms with Crippen LogP contribution in [0.4, 0.5) is 0 Å². The van der Waals surface area contributed by atoms with Crippen molar-refractivity contribution in [2.24, 2.45) is 0 Å². The van der Waals surface area contributed by atoms with E-state index in [0.717, 1.165) is 174 Å². The van der Waals surface area contributed by atoms with E-state index in [-0.39, 0.29) is 0 Å². The molecule has 14 heteroatoms. The highest BCUT2D eigenvalue weighted by atomic mass is 79.9. The molecule has 16 aromatic carbocycles. The Bertz CT molecular complexity index is 7750. The first-order chi connectivity index (χ1) is 59.9. The van der Waals surface area contributed by atoms with Crippen LogP contribution in [0.3, 0.4) is 0 Å². The molecule has 12 nitrogen and oxygen atoms in total. The quantitative estimate of drug-likeness (QED) is 0.0729. The molecule has 1 fully saturated rings. The third kappa shape index (κ3) is 13.8. The van der Waals surface area contributed by atoms with Gasteiger partial charge in [-0.1, -0.05) is 319 Å². The molecule has 0 bridgehead atoms. The first-order valence-corrected chi connectivity index (χ1v) is 41.7. The molecule has 6 aromatic heterocycles. The van der Waals surface area contributed by atoms with E-state index < -0.39 is 18.3 Å². The molecule has 22 aromatic rings. The lowest BCUT2D eigenvalue weighted by atomic mass is 9.75. The fraction of sp³-hybridized carbons (Fsp3) is 0.0556. The standard InChI is InChI=1S/C51H31N5.C41H34BN3O2.C16H9BrN2/c1-3-14-32(15-4-1)49-54-50(33-16-5-2-6-17-33)56-51(55-49)44-28-27-41(38-21-10-11-22-39(38)44)40-25-26-42(37-20-9-8-19-36(37)40)45-31-35-30-34-18-7-12-24-46(34)53-47(35)48-43(45)23-13-29-52-48;1-40(2)41(3,4)47-42(46-40)36-26-25-33(30-20-13-14-22-34(30)36)32-23-24-35(31-21-12-11-19-29(31)32)39-44-37(27-15-7-5-8-16-27)43-38(45-39)28-17-9-6-10-18-28;17-13-9-11-8-10-4-1-2-6-14(10)19-15(11)16-12(13)5-3-7-18-16/h1-31H;5-26H,1-4H3;1-9H. The molecule has 0 radical (unpaired) electrons. The van der Waals surface area contributed by atoms with Crippen LogP contribution < -0.4 is 5.46 Å². The minimum Gasteiger partial charge on any atom is -0.399 e. The number of aromatic nitrogens is 10. The summed E-state index contributed by atoms with van der Waals surface area (Å²) in [6.45, 7) is 8.37. The summed E-state index contributed by atoms with van der Waals surface area (Å²) in [4.78, 5) is 49.3. The number of hydrogen-bond donors (Lipinski definition) is 0. The lowest BCUT2D eigenvalue weighted by molar-refractivity contribution is 0.00578. The van der Waals surface area contributed by atoms with E-state index in [2.05, 4.69) is 255 Å². The first kappa shape index (κ1) is 74.7. The molecule has 0 N–H and O–H groups in total. The molecule has 7 heterocycles. The Labute approximate surface area is 712 Å². The zero-order valence-electron chi connectivity index (χ0n) is 67.0. The lowest BCUT2D eigenvalue weighted by Crippen LogP contribution is -2.41. The topological polar surface area (TPSA) is 147 Å². The summed E-state index contributed by atoms with van der Waals surface area (Å²) in [6, 6.07) is 126. The van der Waals surface area contributed by atoms with E-state index in [0.29, 0.717) is 34.9 Å². The van der Waals surface area contributed by atoms with E-state index in [1.54, 1.807) is 0 Å². The number of benzene rings is 16. The average molecular weight is 1630 g/mol. The van der Waals surface area contributed by atoms with Gasteiger partial charge in [0.1, 0.15) is 0 Å². The summed E-state index contributed by atoms with van der Waals surface area (Å²) in [5, 5.41) is 15.6. The third-order valence-corrected chi connectivity index (χ3v) is 24.3. The normalized spacial score (nSPS) is 13.0. The van der Waals surface area contributed by atoms with Gasteiger partial charge >= 0.3 is 7.12 Å². The molecule has 0 unspecified atom stereocenters. The molecule has 0 aliphatic carbocycles. The van der Waals surface area contributed by atoms with E-state index in [1.165, 1.54) is 10.8 Å². The van der Waals surface area contributed by atoms with Crippen molar-refractivity contribution in [2.45, 2.75) is 38.9 Å². The zero-order valence-corrected chi connectivity index (χ0v) is 68.6. The van der Waals surface area contributed by atoms with Crippen LogP contribution in [0.1, 0.15) is 27.7 Å². The van der Waals surface area contributed by atoms with Gasteiger partial charge in [0, 0.05) is 82.6 Å². The van der Waals surface area contributed by atoms with Gasteiger partial charge in [-0.15, -0.1) is 0 Å². The maximum atomic E-state index is 6.48. The minimum absolute atomic E-state index is 0.417. The lowest BCUT2D eigenvalue weighted by Gasteiger charge is -2.32. The first-order valence-electron chi connectivity index (χ1n) is 40.9. The maximum Gasteiger partial charge on any atom is 0.495 e. The molecular weight excluding hydrogens is 1560 g/mol. The van der Waals surface area contributed by atoms with Crippen LogP contribution in [0, 0.1) is 0 Å². The summed E-state index contributed by atoms with van der Waals surface area (Å²) >= 11 is 3.61. The molecule has 0 amide bonds. The predicted octanol–water partition coefficient (Wildman–Crippen LogP) is 26.6. The van der Waals surface area contributed by atoms with E-state index in [4.69, 9.17) is 54.2 Å². The van der Waals surface area contributed by atoms with Crippen molar-refractivity contribution in [1.82, 2.24) is 49.8 Å². The number of rotatable bonds is 10. The molecule has 0 atom stereocenters.